The van der Waals surface area contributed by atoms with E-state index in [1.165, 1.54) is 29.3 Å². The van der Waals surface area contributed by atoms with Crippen molar-refractivity contribution in [3.8, 4) is 11.1 Å². The van der Waals surface area contributed by atoms with E-state index in [2.05, 4.69) is 10.3 Å². The van der Waals surface area contributed by atoms with Crippen molar-refractivity contribution in [3.05, 3.63) is 89.3 Å². The van der Waals surface area contributed by atoms with Gasteiger partial charge in [0, 0.05) is 43.6 Å². The number of nitrogens with zero attached hydrogens (tertiary/aromatic N) is 2. The van der Waals surface area contributed by atoms with Crippen LogP contribution in [0.25, 0.3) is 28.2 Å². The standard InChI is InChI=1S/C30H27F5N4O3/c31-29(32)9-11-39(12-10-29)28(41)20-5-3-19(4-6-20)21-13-22-14-23(42-27(22)24(15-21)30(33,34)35)17-38-26(40)8-2-18-1-7-25(36)37-16-18/h1-8,13-16,28,41H,9-12,17H2,(H2,36,37)(H,38,40)/b8-2+. The largest absolute Gasteiger partial charge is 0.459 e. The van der Waals surface area contributed by atoms with Gasteiger partial charge in [0.2, 0.25) is 5.91 Å². The van der Waals surface area contributed by atoms with Crippen LogP contribution < -0.4 is 11.1 Å². The number of aliphatic hydroxyl groups is 1. The number of hydrogen-bond acceptors (Lipinski definition) is 6. The highest BCUT2D eigenvalue weighted by Crippen LogP contribution is 2.40. The maximum Gasteiger partial charge on any atom is 0.420 e. The number of alkyl halides is 5. The van der Waals surface area contributed by atoms with Crippen molar-refractivity contribution in [1.29, 1.82) is 0 Å². The van der Waals surface area contributed by atoms with E-state index in [9.17, 15) is 31.9 Å². The first kappa shape index (κ1) is 29.2. The molecule has 220 valence electrons. The lowest BCUT2D eigenvalue weighted by atomic mass is 9.98. The Bertz CT molecular complexity index is 1590. The van der Waals surface area contributed by atoms with Crippen LogP contribution in [0.1, 0.15) is 41.5 Å². The number of aromatic nitrogens is 1. The van der Waals surface area contributed by atoms with Crippen LogP contribution in [0.15, 0.2) is 71.3 Å². The second kappa shape index (κ2) is 11.5. The van der Waals surface area contributed by atoms with Crippen molar-refractivity contribution in [1.82, 2.24) is 15.2 Å². The lowest BCUT2D eigenvalue weighted by Crippen LogP contribution is -2.41. The van der Waals surface area contributed by atoms with Gasteiger partial charge in [0.05, 0.1) is 12.1 Å². The average Bonchev–Trinajstić information content (AvgIpc) is 3.37. The minimum absolute atomic E-state index is 0.0289. The Labute approximate surface area is 237 Å². The molecule has 1 aliphatic heterocycles. The van der Waals surface area contributed by atoms with Gasteiger partial charge in [-0.2, -0.15) is 13.2 Å². The minimum Gasteiger partial charge on any atom is -0.459 e. The summed E-state index contributed by atoms with van der Waals surface area (Å²) in [5, 5.41) is 13.4. The number of hydrogen-bond donors (Lipinski definition) is 3. The summed E-state index contributed by atoms with van der Waals surface area (Å²) >= 11 is 0. The Hall–Kier alpha value is -4.29. The maximum absolute atomic E-state index is 14.0. The molecule has 0 saturated carbocycles. The molecule has 0 spiro atoms. The molecule has 0 aliphatic carbocycles. The molecule has 0 bridgehead atoms. The number of nitrogen functional groups attached to an aromatic ring is 1. The SMILES string of the molecule is Nc1ccc(/C=C/C(=O)NCc2cc3cc(-c4ccc(C(O)N5CCC(F)(F)CC5)cc4)cc(C(F)(F)F)c3o2)cn1. The summed E-state index contributed by atoms with van der Waals surface area (Å²) in [6.07, 6.45) is -2.25. The monoisotopic (exact) mass is 586 g/mol. The number of nitrogens with two attached hydrogens (primary N) is 1. The maximum atomic E-state index is 14.0. The van der Waals surface area contributed by atoms with Gasteiger partial charge in [-0.05, 0) is 58.7 Å². The summed E-state index contributed by atoms with van der Waals surface area (Å²) in [5.74, 6) is -2.76. The number of rotatable bonds is 7. The topological polar surface area (TPSA) is 105 Å². The van der Waals surface area contributed by atoms with Crippen LogP contribution in [-0.4, -0.2) is 39.9 Å². The van der Waals surface area contributed by atoms with Crippen LogP contribution in [-0.2, 0) is 17.5 Å². The van der Waals surface area contributed by atoms with Gasteiger partial charge in [-0.3, -0.25) is 9.69 Å². The predicted molar refractivity (Wildman–Crippen MR) is 147 cm³/mol. The summed E-state index contributed by atoms with van der Waals surface area (Å²) in [6.45, 7) is -0.0815. The lowest BCUT2D eigenvalue weighted by molar-refractivity contribution is -0.136. The van der Waals surface area contributed by atoms with Crippen molar-refractivity contribution < 1.29 is 36.3 Å². The van der Waals surface area contributed by atoms with Crippen molar-refractivity contribution in [3.63, 3.8) is 0 Å². The van der Waals surface area contributed by atoms with Gasteiger partial charge in [-0.15, -0.1) is 0 Å². The second-order valence-corrected chi connectivity index (χ2v) is 10.1. The Morgan fingerprint density at radius 2 is 1.81 bits per heavy atom. The van der Waals surface area contributed by atoms with Crippen LogP contribution in [0, 0.1) is 0 Å². The third-order valence-electron chi connectivity index (χ3n) is 7.06. The quantitative estimate of drug-likeness (QED) is 0.177. The zero-order valence-electron chi connectivity index (χ0n) is 22.2. The number of anilines is 1. The molecule has 5 rings (SSSR count). The number of fused-ring (bicyclic) bond motifs is 1. The van der Waals surface area contributed by atoms with Crippen LogP contribution in [0.4, 0.5) is 27.8 Å². The van der Waals surface area contributed by atoms with Crippen LogP contribution in [0.2, 0.25) is 0 Å². The van der Waals surface area contributed by atoms with Crippen LogP contribution >= 0.6 is 0 Å². The molecular formula is C30H27F5N4O3. The molecule has 1 unspecified atom stereocenters. The fourth-order valence-corrected chi connectivity index (χ4v) is 4.75. The number of aliphatic hydroxyl groups excluding tert-OH is 1. The molecule has 1 atom stereocenters. The van der Waals surface area contributed by atoms with E-state index in [0.29, 0.717) is 22.5 Å². The molecule has 4 aromatic rings. The van der Waals surface area contributed by atoms with E-state index in [1.807, 2.05) is 0 Å². The Morgan fingerprint density at radius 1 is 1.10 bits per heavy atom. The van der Waals surface area contributed by atoms with Gasteiger partial charge in [-0.25, -0.2) is 13.8 Å². The predicted octanol–water partition coefficient (Wildman–Crippen LogP) is 6.15. The summed E-state index contributed by atoms with van der Waals surface area (Å²) in [5.41, 5.74) is 6.03. The number of nitrogens with one attached hydrogen (secondary N) is 1. The van der Waals surface area contributed by atoms with Crippen LogP contribution in [0.3, 0.4) is 0 Å². The number of piperidine rings is 1. The summed E-state index contributed by atoms with van der Waals surface area (Å²) in [7, 11) is 0. The molecule has 1 aliphatic rings. The first-order valence-electron chi connectivity index (χ1n) is 13.1. The second-order valence-electron chi connectivity index (χ2n) is 10.1. The molecule has 42 heavy (non-hydrogen) atoms. The van der Waals surface area contributed by atoms with E-state index in [0.717, 1.165) is 6.07 Å². The van der Waals surface area contributed by atoms with E-state index in [1.54, 1.807) is 42.5 Å². The number of benzene rings is 2. The molecule has 2 aromatic heterocycles. The third-order valence-corrected chi connectivity index (χ3v) is 7.06. The number of carbonyl (C=O) groups excluding carboxylic acids is 1. The number of halogens is 5. The lowest BCUT2D eigenvalue weighted by Gasteiger charge is -2.35. The molecular weight excluding hydrogens is 559 g/mol. The number of carbonyl (C=O) groups is 1. The molecule has 1 amide bonds. The Kier molecular flexibility index (Phi) is 8.02. The fraction of sp³-hybridized carbons (Fsp3) is 0.267. The van der Waals surface area contributed by atoms with Gasteiger partial charge >= 0.3 is 6.18 Å². The highest BCUT2D eigenvalue weighted by Gasteiger charge is 2.37. The smallest absolute Gasteiger partial charge is 0.420 e. The first-order chi connectivity index (χ1) is 19.9. The van der Waals surface area contributed by atoms with Gasteiger partial charge in [0.1, 0.15) is 23.4 Å². The van der Waals surface area contributed by atoms with Crippen molar-refractivity contribution in [2.75, 3.05) is 18.8 Å². The fourth-order valence-electron chi connectivity index (χ4n) is 4.75. The highest BCUT2D eigenvalue weighted by atomic mass is 19.4. The zero-order valence-corrected chi connectivity index (χ0v) is 22.2. The molecule has 1 saturated heterocycles. The molecule has 4 N–H and O–H groups in total. The summed E-state index contributed by atoms with van der Waals surface area (Å²) < 4.78 is 74.5. The van der Waals surface area contributed by atoms with Gasteiger partial charge in [0.25, 0.3) is 5.92 Å². The number of likely N-dealkylation sites (tertiary alicyclic amines) is 1. The first-order valence-corrected chi connectivity index (χ1v) is 13.1. The van der Waals surface area contributed by atoms with Gasteiger partial charge in [0.15, 0.2) is 0 Å². The Balaban J connectivity index is 1.33. The van der Waals surface area contributed by atoms with E-state index >= 15 is 0 Å². The van der Waals surface area contributed by atoms with Crippen LogP contribution in [0.5, 0.6) is 0 Å². The summed E-state index contributed by atoms with van der Waals surface area (Å²) in [4.78, 5) is 17.7. The van der Waals surface area contributed by atoms with Gasteiger partial charge in [-0.1, -0.05) is 24.3 Å². The van der Waals surface area contributed by atoms with E-state index in [-0.39, 0.29) is 54.8 Å². The molecule has 3 heterocycles. The average molecular weight is 587 g/mol. The van der Waals surface area contributed by atoms with Gasteiger partial charge < -0.3 is 20.6 Å². The van der Waals surface area contributed by atoms with Crippen molar-refractivity contribution in [2.24, 2.45) is 0 Å². The number of amides is 1. The molecule has 2 aromatic carbocycles. The molecule has 0 radical (unpaired) electrons. The third kappa shape index (κ3) is 6.77. The molecule has 1 fully saturated rings. The highest BCUT2D eigenvalue weighted by molar-refractivity contribution is 5.92. The number of furan rings is 1. The number of pyridine rings is 1. The minimum atomic E-state index is -4.71. The Morgan fingerprint density at radius 3 is 2.45 bits per heavy atom. The summed E-state index contributed by atoms with van der Waals surface area (Å²) in [6, 6.07) is 13.5. The van der Waals surface area contributed by atoms with E-state index in [4.69, 9.17) is 10.2 Å². The zero-order chi connectivity index (χ0) is 30.1. The molecule has 7 nitrogen and oxygen atoms in total. The normalized spacial score (nSPS) is 16.6. The van der Waals surface area contributed by atoms with Crippen molar-refractivity contribution >= 4 is 28.8 Å². The van der Waals surface area contributed by atoms with Crippen molar-refractivity contribution in [2.45, 2.75) is 37.7 Å². The molecule has 12 heteroatoms. The van der Waals surface area contributed by atoms with E-state index < -0.39 is 29.8 Å².